The summed E-state index contributed by atoms with van der Waals surface area (Å²) in [6, 6.07) is 15.0. The number of aromatic nitrogens is 1. The molecule has 0 unspecified atom stereocenters. The van der Waals surface area contributed by atoms with Crippen LogP contribution in [-0.2, 0) is 0 Å². The number of nitrogens with zero attached hydrogens (tertiary/aromatic N) is 2. The van der Waals surface area contributed by atoms with Gasteiger partial charge in [-0.1, -0.05) is 18.2 Å². The van der Waals surface area contributed by atoms with Crippen molar-refractivity contribution in [3.05, 3.63) is 71.4 Å². The Labute approximate surface area is 175 Å². The first-order chi connectivity index (χ1) is 14.6. The van der Waals surface area contributed by atoms with Crippen LogP contribution in [0.3, 0.4) is 0 Å². The van der Waals surface area contributed by atoms with E-state index in [0.29, 0.717) is 28.6 Å². The van der Waals surface area contributed by atoms with Crippen LogP contribution < -0.4 is 24.4 Å². The van der Waals surface area contributed by atoms with Gasteiger partial charge < -0.3 is 19.5 Å². The summed E-state index contributed by atoms with van der Waals surface area (Å²) < 4.78 is 16.3. The van der Waals surface area contributed by atoms with Crippen LogP contribution in [-0.4, -0.2) is 32.2 Å². The summed E-state index contributed by atoms with van der Waals surface area (Å²) in [5, 5.41) is 3.45. The molecule has 0 saturated carbocycles. The third kappa shape index (κ3) is 3.28. The van der Waals surface area contributed by atoms with Crippen molar-refractivity contribution in [3.8, 4) is 17.2 Å². The molecule has 2 aromatic carbocycles. The quantitative estimate of drug-likeness (QED) is 0.663. The highest BCUT2D eigenvalue weighted by Gasteiger charge is 2.38. The molecule has 30 heavy (non-hydrogen) atoms. The summed E-state index contributed by atoms with van der Waals surface area (Å²) in [6.07, 6.45) is 1.27. The molecule has 154 valence electrons. The maximum atomic E-state index is 13.2. The van der Waals surface area contributed by atoms with Crippen molar-refractivity contribution >= 4 is 17.4 Å². The smallest absolute Gasteiger partial charge is 0.261 e. The van der Waals surface area contributed by atoms with Gasteiger partial charge in [0.2, 0.25) is 5.75 Å². The van der Waals surface area contributed by atoms with Gasteiger partial charge in [-0.15, -0.1) is 0 Å². The summed E-state index contributed by atoms with van der Waals surface area (Å²) in [6.45, 7) is 1.97. The molecule has 1 aromatic heterocycles. The predicted molar refractivity (Wildman–Crippen MR) is 115 cm³/mol. The van der Waals surface area contributed by atoms with E-state index in [1.807, 2.05) is 55.5 Å². The van der Waals surface area contributed by atoms with Crippen molar-refractivity contribution in [2.45, 2.75) is 13.1 Å². The molecule has 0 radical (unpaired) electrons. The molecular formula is C23H23N3O4. The number of nitrogens with one attached hydrogen (secondary N) is 1. The van der Waals surface area contributed by atoms with Gasteiger partial charge in [0.05, 0.1) is 21.3 Å². The van der Waals surface area contributed by atoms with Crippen molar-refractivity contribution < 1.29 is 19.0 Å². The number of pyridine rings is 1. The second-order valence-electron chi connectivity index (χ2n) is 6.91. The van der Waals surface area contributed by atoms with Crippen LogP contribution >= 0.6 is 0 Å². The number of fused-ring (bicyclic) bond motifs is 1. The largest absolute Gasteiger partial charge is 0.493 e. The average Bonchev–Trinajstić information content (AvgIpc) is 3.04. The Hall–Kier alpha value is -3.74. The fourth-order valence-corrected chi connectivity index (χ4v) is 3.67. The number of benzene rings is 2. The Morgan fingerprint density at radius 2 is 1.67 bits per heavy atom. The summed E-state index contributed by atoms with van der Waals surface area (Å²) in [4.78, 5) is 19.3. The number of hydrogen-bond acceptors (Lipinski definition) is 6. The van der Waals surface area contributed by atoms with Crippen LogP contribution in [0.25, 0.3) is 0 Å². The Morgan fingerprint density at radius 1 is 0.967 bits per heavy atom. The third-order valence-corrected chi connectivity index (χ3v) is 5.08. The lowest BCUT2D eigenvalue weighted by atomic mass is 10.1. The van der Waals surface area contributed by atoms with Gasteiger partial charge in [0.15, 0.2) is 11.5 Å². The summed E-state index contributed by atoms with van der Waals surface area (Å²) in [7, 11) is 4.70. The Balaban J connectivity index is 1.80. The zero-order valence-corrected chi connectivity index (χ0v) is 17.3. The summed E-state index contributed by atoms with van der Waals surface area (Å²) in [5.41, 5.74) is 3.26. The minimum atomic E-state index is -0.439. The Kier molecular flexibility index (Phi) is 5.18. The average molecular weight is 405 g/mol. The van der Waals surface area contributed by atoms with Gasteiger partial charge in [0.25, 0.3) is 5.91 Å². The number of anilines is 2. The molecule has 0 spiro atoms. The van der Waals surface area contributed by atoms with Crippen molar-refractivity contribution in [1.29, 1.82) is 0 Å². The van der Waals surface area contributed by atoms with E-state index in [1.165, 1.54) is 0 Å². The number of carbonyl (C=O) groups excluding carboxylic acids is 1. The fraction of sp³-hybridized carbons (Fsp3) is 0.217. The van der Waals surface area contributed by atoms with Gasteiger partial charge in [-0.25, -0.2) is 4.98 Å². The fourth-order valence-electron chi connectivity index (χ4n) is 3.67. The zero-order chi connectivity index (χ0) is 21.3. The van der Waals surface area contributed by atoms with Crippen molar-refractivity contribution in [2.24, 2.45) is 0 Å². The SMILES string of the molecule is COc1cc(N[C@H]2c3ccccc3C(=O)N2c2cc(C)ccn2)cc(OC)c1OC. The number of aryl methyl sites for hydroxylation is 1. The topological polar surface area (TPSA) is 72.9 Å². The molecule has 0 fully saturated rings. The van der Waals surface area contributed by atoms with Gasteiger partial charge in [-0.05, 0) is 30.7 Å². The molecular weight excluding hydrogens is 382 g/mol. The second-order valence-corrected chi connectivity index (χ2v) is 6.91. The van der Waals surface area contributed by atoms with Gasteiger partial charge in [0, 0.05) is 35.1 Å². The third-order valence-electron chi connectivity index (χ3n) is 5.08. The van der Waals surface area contributed by atoms with E-state index in [0.717, 1.165) is 16.8 Å². The van der Waals surface area contributed by atoms with E-state index in [4.69, 9.17) is 14.2 Å². The van der Waals surface area contributed by atoms with Gasteiger partial charge in [-0.3, -0.25) is 9.69 Å². The number of methoxy groups -OCH3 is 3. The van der Waals surface area contributed by atoms with E-state index in [2.05, 4.69) is 10.3 Å². The van der Waals surface area contributed by atoms with Crippen LogP contribution in [0.1, 0.15) is 27.7 Å². The Bertz CT molecular complexity index is 1070. The van der Waals surface area contributed by atoms with Crippen LogP contribution in [0.4, 0.5) is 11.5 Å². The van der Waals surface area contributed by atoms with E-state index in [-0.39, 0.29) is 5.91 Å². The molecule has 2 heterocycles. The summed E-state index contributed by atoms with van der Waals surface area (Å²) >= 11 is 0. The van der Waals surface area contributed by atoms with Crippen LogP contribution in [0.2, 0.25) is 0 Å². The molecule has 1 atom stereocenters. The molecule has 1 aliphatic heterocycles. The maximum Gasteiger partial charge on any atom is 0.261 e. The number of carbonyl (C=O) groups is 1. The standard InChI is InChI=1S/C23H23N3O4/c1-14-9-10-24-20(11-14)26-22(16-7-5-6-8-17(16)23(26)27)25-15-12-18(28-2)21(30-4)19(13-15)29-3/h5-13,22,25H,1-4H3/t22-/m1/s1. The molecule has 0 aliphatic carbocycles. The molecule has 3 aromatic rings. The molecule has 1 amide bonds. The summed E-state index contributed by atoms with van der Waals surface area (Å²) in [5.74, 6) is 2.04. The number of hydrogen-bond donors (Lipinski definition) is 1. The lowest BCUT2D eigenvalue weighted by Gasteiger charge is -2.27. The molecule has 7 nitrogen and oxygen atoms in total. The monoisotopic (exact) mass is 405 g/mol. The first-order valence-corrected chi connectivity index (χ1v) is 9.49. The first-order valence-electron chi connectivity index (χ1n) is 9.49. The first kappa shape index (κ1) is 19.6. The van der Waals surface area contributed by atoms with E-state index < -0.39 is 6.17 Å². The lowest BCUT2D eigenvalue weighted by Crippen LogP contribution is -2.33. The van der Waals surface area contributed by atoms with E-state index in [1.54, 1.807) is 32.4 Å². The van der Waals surface area contributed by atoms with Gasteiger partial charge in [0.1, 0.15) is 12.0 Å². The van der Waals surface area contributed by atoms with Gasteiger partial charge in [-0.2, -0.15) is 0 Å². The van der Waals surface area contributed by atoms with Crippen molar-refractivity contribution in [3.63, 3.8) is 0 Å². The predicted octanol–water partition coefficient (Wildman–Crippen LogP) is 4.19. The zero-order valence-electron chi connectivity index (χ0n) is 17.3. The highest BCUT2D eigenvalue weighted by Crippen LogP contribution is 2.43. The normalized spacial score (nSPS) is 15.0. The molecule has 1 N–H and O–H groups in total. The molecule has 1 aliphatic rings. The highest BCUT2D eigenvalue weighted by molar-refractivity contribution is 6.11. The van der Waals surface area contributed by atoms with E-state index in [9.17, 15) is 4.79 Å². The molecule has 4 rings (SSSR count). The number of amides is 1. The van der Waals surface area contributed by atoms with E-state index >= 15 is 0 Å². The minimum absolute atomic E-state index is 0.103. The Morgan fingerprint density at radius 3 is 2.30 bits per heavy atom. The van der Waals surface area contributed by atoms with Crippen LogP contribution in [0.5, 0.6) is 17.2 Å². The molecule has 0 saturated heterocycles. The number of rotatable bonds is 6. The van der Waals surface area contributed by atoms with Crippen LogP contribution in [0, 0.1) is 6.92 Å². The lowest BCUT2D eigenvalue weighted by molar-refractivity contribution is 0.0992. The van der Waals surface area contributed by atoms with Crippen molar-refractivity contribution in [2.75, 3.05) is 31.5 Å². The highest BCUT2D eigenvalue weighted by atomic mass is 16.5. The van der Waals surface area contributed by atoms with Crippen LogP contribution in [0.15, 0.2) is 54.7 Å². The van der Waals surface area contributed by atoms with Crippen molar-refractivity contribution in [1.82, 2.24) is 4.98 Å². The molecule has 0 bridgehead atoms. The maximum absolute atomic E-state index is 13.2. The second kappa shape index (κ2) is 7.94. The molecule has 7 heteroatoms. The van der Waals surface area contributed by atoms with Gasteiger partial charge >= 0.3 is 0 Å². The number of ether oxygens (including phenoxy) is 3. The minimum Gasteiger partial charge on any atom is -0.493 e.